The molecule has 1 unspecified atom stereocenters. The normalized spacial score (nSPS) is 17.6. The quantitative estimate of drug-likeness (QED) is 0.888. The predicted molar refractivity (Wildman–Crippen MR) is 86.1 cm³/mol. The van der Waals surface area contributed by atoms with E-state index in [1.165, 1.54) is 0 Å². The predicted octanol–water partition coefficient (Wildman–Crippen LogP) is 4.18. The first-order valence-electron chi connectivity index (χ1n) is 6.97. The van der Waals surface area contributed by atoms with Crippen LogP contribution in [0.5, 0.6) is 5.75 Å². The number of hydrogen-bond donors (Lipinski definition) is 1. The van der Waals surface area contributed by atoms with Gasteiger partial charge in [0.1, 0.15) is 15.0 Å². The van der Waals surface area contributed by atoms with Gasteiger partial charge in [0.05, 0.1) is 13.2 Å². The molecular formula is C16H15ClO4S. The summed E-state index contributed by atoms with van der Waals surface area (Å²) in [6.45, 7) is 2.10. The number of carbonyl (C=O) groups is 1. The van der Waals surface area contributed by atoms with Crippen molar-refractivity contribution in [1.82, 2.24) is 0 Å². The fourth-order valence-electron chi connectivity index (χ4n) is 2.40. The van der Waals surface area contributed by atoms with Crippen molar-refractivity contribution in [2.24, 2.45) is 5.92 Å². The highest BCUT2D eigenvalue weighted by atomic mass is 35.5. The van der Waals surface area contributed by atoms with Crippen LogP contribution >= 0.6 is 22.9 Å². The van der Waals surface area contributed by atoms with E-state index in [0.717, 1.165) is 36.5 Å². The highest BCUT2D eigenvalue weighted by Gasteiger charge is 2.19. The molecule has 1 N–H and O–H groups in total. The maximum absolute atomic E-state index is 11.1. The molecule has 2 aromatic rings. The SMILES string of the molecule is O=C(O)c1cc(-c2ccccc2OCC2CCOC2)c(Cl)s1. The molecule has 1 aromatic carbocycles. The van der Waals surface area contributed by atoms with E-state index in [2.05, 4.69) is 0 Å². The number of hydrogen-bond acceptors (Lipinski definition) is 4. The molecule has 0 radical (unpaired) electrons. The average Bonchev–Trinajstić information content (AvgIpc) is 3.15. The van der Waals surface area contributed by atoms with Gasteiger partial charge in [-0.3, -0.25) is 0 Å². The first kappa shape index (κ1) is 15.3. The van der Waals surface area contributed by atoms with Crippen LogP contribution in [-0.4, -0.2) is 30.9 Å². The van der Waals surface area contributed by atoms with Gasteiger partial charge < -0.3 is 14.6 Å². The van der Waals surface area contributed by atoms with Crippen molar-refractivity contribution in [2.45, 2.75) is 6.42 Å². The molecule has 1 aromatic heterocycles. The number of rotatable bonds is 5. The van der Waals surface area contributed by atoms with Crippen molar-refractivity contribution in [3.8, 4) is 16.9 Å². The van der Waals surface area contributed by atoms with Gasteiger partial charge in [0.2, 0.25) is 0 Å². The van der Waals surface area contributed by atoms with Crippen molar-refractivity contribution < 1.29 is 19.4 Å². The van der Waals surface area contributed by atoms with E-state index < -0.39 is 5.97 Å². The number of carboxylic acids is 1. The zero-order valence-corrected chi connectivity index (χ0v) is 13.3. The van der Waals surface area contributed by atoms with Crippen LogP contribution in [0.4, 0.5) is 0 Å². The van der Waals surface area contributed by atoms with Crippen LogP contribution in [0.3, 0.4) is 0 Å². The molecule has 0 spiro atoms. The highest BCUT2D eigenvalue weighted by molar-refractivity contribution is 7.18. The van der Waals surface area contributed by atoms with Crippen LogP contribution in [0.25, 0.3) is 11.1 Å². The molecule has 0 aliphatic carbocycles. The molecule has 1 saturated heterocycles. The Morgan fingerprint density at radius 1 is 1.41 bits per heavy atom. The smallest absolute Gasteiger partial charge is 0.345 e. The Balaban J connectivity index is 1.85. The molecule has 0 saturated carbocycles. The van der Waals surface area contributed by atoms with Gasteiger partial charge in [0, 0.05) is 23.7 Å². The summed E-state index contributed by atoms with van der Waals surface area (Å²) in [5.41, 5.74) is 1.51. The minimum atomic E-state index is -0.973. The number of para-hydroxylation sites is 1. The van der Waals surface area contributed by atoms with Crippen molar-refractivity contribution >= 4 is 28.9 Å². The fraction of sp³-hybridized carbons (Fsp3) is 0.312. The second-order valence-electron chi connectivity index (χ2n) is 5.14. The summed E-state index contributed by atoms with van der Waals surface area (Å²) in [5.74, 6) is 0.145. The van der Waals surface area contributed by atoms with E-state index in [1.807, 2.05) is 24.3 Å². The number of benzene rings is 1. The van der Waals surface area contributed by atoms with E-state index >= 15 is 0 Å². The monoisotopic (exact) mass is 338 g/mol. The lowest BCUT2D eigenvalue weighted by atomic mass is 10.1. The van der Waals surface area contributed by atoms with Crippen molar-refractivity contribution in [2.75, 3.05) is 19.8 Å². The van der Waals surface area contributed by atoms with Crippen LogP contribution in [0.15, 0.2) is 30.3 Å². The number of aromatic carboxylic acids is 1. The minimum Gasteiger partial charge on any atom is -0.493 e. The molecule has 1 aliphatic heterocycles. The lowest BCUT2D eigenvalue weighted by Gasteiger charge is -2.13. The first-order chi connectivity index (χ1) is 10.6. The first-order valence-corrected chi connectivity index (χ1v) is 8.17. The summed E-state index contributed by atoms with van der Waals surface area (Å²) in [7, 11) is 0. The lowest BCUT2D eigenvalue weighted by molar-refractivity contribution is 0.0702. The van der Waals surface area contributed by atoms with Crippen LogP contribution < -0.4 is 4.74 Å². The summed E-state index contributed by atoms with van der Waals surface area (Å²) in [5, 5.41) is 9.09. The molecule has 22 heavy (non-hydrogen) atoms. The number of ether oxygens (including phenoxy) is 2. The van der Waals surface area contributed by atoms with Crippen LogP contribution in [-0.2, 0) is 4.74 Å². The van der Waals surface area contributed by atoms with Gasteiger partial charge in [-0.15, -0.1) is 11.3 Å². The van der Waals surface area contributed by atoms with Crippen LogP contribution in [0, 0.1) is 5.92 Å². The van der Waals surface area contributed by atoms with Gasteiger partial charge in [0.15, 0.2) is 0 Å². The Labute approximate surface area is 137 Å². The molecule has 1 aliphatic rings. The Bertz CT molecular complexity index is 677. The zero-order valence-electron chi connectivity index (χ0n) is 11.8. The number of carboxylic acid groups (broad SMARTS) is 1. The van der Waals surface area contributed by atoms with Crippen molar-refractivity contribution in [3.05, 3.63) is 39.5 Å². The molecule has 1 atom stereocenters. The Morgan fingerprint density at radius 2 is 2.23 bits per heavy atom. The van der Waals surface area contributed by atoms with E-state index in [1.54, 1.807) is 6.07 Å². The van der Waals surface area contributed by atoms with Crippen LogP contribution in [0.1, 0.15) is 16.1 Å². The van der Waals surface area contributed by atoms with Gasteiger partial charge in [-0.2, -0.15) is 0 Å². The van der Waals surface area contributed by atoms with E-state index in [0.29, 0.717) is 28.2 Å². The van der Waals surface area contributed by atoms with E-state index in [-0.39, 0.29) is 4.88 Å². The van der Waals surface area contributed by atoms with Gasteiger partial charge >= 0.3 is 5.97 Å². The molecule has 0 bridgehead atoms. The molecule has 3 rings (SSSR count). The second kappa shape index (κ2) is 6.69. The number of halogens is 1. The van der Waals surface area contributed by atoms with Crippen molar-refractivity contribution in [3.63, 3.8) is 0 Å². The van der Waals surface area contributed by atoms with Gasteiger partial charge in [0.25, 0.3) is 0 Å². The van der Waals surface area contributed by atoms with Crippen LogP contribution in [0.2, 0.25) is 4.34 Å². The lowest BCUT2D eigenvalue weighted by Crippen LogP contribution is -2.11. The molecule has 6 heteroatoms. The molecule has 0 amide bonds. The third-order valence-corrected chi connectivity index (χ3v) is 4.92. The molecule has 2 heterocycles. The number of thiophene rings is 1. The Kier molecular flexibility index (Phi) is 4.66. The summed E-state index contributed by atoms with van der Waals surface area (Å²) in [4.78, 5) is 11.3. The van der Waals surface area contributed by atoms with Crippen molar-refractivity contribution in [1.29, 1.82) is 0 Å². The van der Waals surface area contributed by atoms with E-state index in [4.69, 9.17) is 26.2 Å². The molecule has 4 nitrogen and oxygen atoms in total. The standard InChI is InChI=1S/C16H15ClO4S/c17-15-12(7-14(22-15)16(18)19)11-3-1-2-4-13(11)21-9-10-5-6-20-8-10/h1-4,7,10H,5-6,8-9H2,(H,18,19). The molecular weight excluding hydrogens is 324 g/mol. The average molecular weight is 339 g/mol. The largest absolute Gasteiger partial charge is 0.493 e. The maximum atomic E-state index is 11.1. The third-order valence-electron chi connectivity index (χ3n) is 3.57. The van der Waals surface area contributed by atoms with Gasteiger partial charge in [-0.1, -0.05) is 29.8 Å². The zero-order chi connectivity index (χ0) is 15.5. The summed E-state index contributed by atoms with van der Waals surface area (Å²) in [6, 6.07) is 9.13. The molecule has 116 valence electrons. The Morgan fingerprint density at radius 3 is 2.91 bits per heavy atom. The molecule has 1 fully saturated rings. The minimum absolute atomic E-state index is 0.221. The fourth-order valence-corrected chi connectivity index (χ4v) is 3.54. The highest BCUT2D eigenvalue weighted by Crippen LogP contribution is 2.40. The summed E-state index contributed by atoms with van der Waals surface area (Å²) in [6.07, 6.45) is 1.00. The van der Waals surface area contributed by atoms with E-state index in [9.17, 15) is 4.79 Å². The van der Waals surface area contributed by atoms with Gasteiger partial charge in [-0.05, 0) is 18.6 Å². The summed E-state index contributed by atoms with van der Waals surface area (Å²) >= 11 is 7.26. The second-order valence-corrected chi connectivity index (χ2v) is 6.79. The summed E-state index contributed by atoms with van der Waals surface area (Å²) < 4.78 is 11.7. The third kappa shape index (κ3) is 3.27. The topological polar surface area (TPSA) is 55.8 Å². The van der Waals surface area contributed by atoms with Gasteiger partial charge in [-0.25, -0.2) is 4.79 Å². The maximum Gasteiger partial charge on any atom is 0.345 e. The Hall–Kier alpha value is -1.56.